The number of benzene rings is 1. The summed E-state index contributed by atoms with van der Waals surface area (Å²) in [5.41, 5.74) is -0.164. The molecule has 2 aromatic rings. The van der Waals surface area contributed by atoms with Gasteiger partial charge in [-0.2, -0.15) is 8.42 Å². The van der Waals surface area contributed by atoms with Gasteiger partial charge in [-0.25, -0.2) is 4.98 Å². The van der Waals surface area contributed by atoms with E-state index in [0.717, 1.165) is 0 Å². The molecule has 1 aromatic heterocycles. The average molecular weight is 376 g/mol. The number of rotatable bonds is 6. The summed E-state index contributed by atoms with van der Waals surface area (Å²) in [5.74, 6) is -0.456. The standard InChI is InChI=1S/C19H24N2O4S/c1-15(14-18(22)25-19(2,3)4)21(16-10-6-5-7-11-16)26(23,24)17-12-8-9-13-20-17/h5-13,15H,14H2,1-4H3. The Kier molecular flexibility index (Phi) is 6.02. The summed E-state index contributed by atoms with van der Waals surface area (Å²) in [6, 6.07) is 12.7. The number of nitrogens with zero attached hydrogens (tertiary/aromatic N) is 2. The number of ether oxygens (including phenoxy) is 1. The van der Waals surface area contributed by atoms with E-state index in [0.29, 0.717) is 5.69 Å². The van der Waals surface area contributed by atoms with Crippen LogP contribution in [-0.2, 0) is 19.6 Å². The molecule has 1 heterocycles. The first kappa shape index (κ1) is 19.9. The predicted molar refractivity (Wildman–Crippen MR) is 100 cm³/mol. The van der Waals surface area contributed by atoms with Crippen LogP contribution < -0.4 is 4.31 Å². The third-order valence-electron chi connectivity index (χ3n) is 3.45. The van der Waals surface area contributed by atoms with Gasteiger partial charge in [0.1, 0.15) is 5.60 Å². The zero-order valence-corrected chi connectivity index (χ0v) is 16.2. The summed E-state index contributed by atoms with van der Waals surface area (Å²) in [6.45, 7) is 7.00. The fourth-order valence-corrected chi connectivity index (χ4v) is 4.11. The van der Waals surface area contributed by atoms with Gasteiger partial charge < -0.3 is 4.74 Å². The van der Waals surface area contributed by atoms with Crippen LogP contribution in [0.5, 0.6) is 0 Å². The van der Waals surface area contributed by atoms with Crippen molar-refractivity contribution in [1.29, 1.82) is 0 Å². The first-order valence-electron chi connectivity index (χ1n) is 8.33. The number of para-hydroxylation sites is 1. The zero-order valence-electron chi connectivity index (χ0n) is 15.4. The highest BCUT2D eigenvalue weighted by molar-refractivity contribution is 7.92. The second-order valence-corrected chi connectivity index (χ2v) is 8.71. The van der Waals surface area contributed by atoms with E-state index < -0.39 is 27.6 Å². The molecule has 1 unspecified atom stereocenters. The second-order valence-electron chi connectivity index (χ2n) is 6.94. The summed E-state index contributed by atoms with van der Waals surface area (Å²) >= 11 is 0. The minimum atomic E-state index is -3.93. The largest absolute Gasteiger partial charge is 0.460 e. The quantitative estimate of drug-likeness (QED) is 0.722. The van der Waals surface area contributed by atoms with Crippen molar-refractivity contribution in [3.05, 3.63) is 54.7 Å². The van der Waals surface area contributed by atoms with Gasteiger partial charge in [0.2, 0.25) is 0 Å². The Bertz CT molecular complexity index is 831. The van der Waals surface area contributed by atoms with Crippen LogP contribution in [0.2, 0.25) is 0 Å². The number of anilines is 1. The van der Waals surface area contributed by atoms with Gasteiger partial charge in [0.15, 0.2) is 5.03 Å². The number of hydrogen-bond donors (Lipinski definition) is 0. The lowest BCUT2D eigenvalue weighted by Gasteiger charge is -2.30. The first-order chi connectivity index (χ1) is 12.1. The molecule has 0 spiro atoms. The highest BCUT2D eigenvalue weighted by Crippen LogP contribution is 2.26. The summed E-state index contributed by atoms with van der Waals surface area (Å²) in [7, 11) is -3.93. The van der Waals surface area contributed by atoms with Gasteiger partial charge in [-0.3, -0.25) is 9.10 Å². The average Bonchev–Trinajstić information content (AvgIpc) is 2.54. The van der Waals surface area contributed by atoms with E-state index in [4.69, 9.17) is 4.74 Å². The number of esters is 1. The minimum Gasteiger partial charge on any atom is -0.460 e. The maximum absolute atomic E-state index is 13.2. The van der Waals surface area contributed by atoms with Crippen LogP contribution in [-0.4, -0.2) is 31.0 Å². The molecular weight excluding hydrogens is 352 g/mol. The van der Waals surface area contributed by atoms with Crippen LogP contribution >= 0.6 is 0 Å². The minimum absolute atomic E-state index is 0.0695. The summed E-state index contributed by atoms with van der Waals surface area (Å²) in [4.78, 5) is 16.2. The summed E-state index contributed by atoms with van der Waals surface area (Å²) in [6.07, 6.45) is 1.35. The fraction of sp³-hybridized carbons (Fsp3) is 0.368. The maximum atomic E-state index is 13.2. The van der Waals surface area contributed by atoms with Gasteiger partial charge in [0.05, 0.1) is 18.2 Å². The van der Waals surface area contributed by atoms with Crippen molar-refractivity contribution in [3.8, 4) is 0 Å². The number of carbonyl (C=O) groups excluding carboxylic acids is 1. The second kappa shape index (κ2) is 7.86. The molecule has 0 saturated heterocycles. The van der Waals surface area contributed by atoms with Crippen LogP contribution in [0.3, 0.4) is 0 Å². The molecule has 0 aliphatic carbocycles. The molecule has 0 radical (unpaired) electrons. The molecule has 6 nitrogen and oxygen atoms in total. The van der Waals surface area contributed by atoms with E-state index in [1.807, 2.05) is 0 Å². The molecule has 7 heteroatoms. The monoisotopic (exact) mass is 376 g/mol. The number of aromatic nitrogens is 1. The van der Waals surface area contributed by atoms with Crippen molar-refractivity contribution >= 4 is 21.7 Å². The molecule has 140 valence electrons. The van der Waals surface area contributed by atoms with Gasteiger partial charge >= 0.3 is 5.97 Å². The fourth-order valence-electron chi connectivity index (χ4n) is 2.51. The van der Waals surface area contributed by atoms with Crippen molar-refractivity contribution in [2.24, 2.45) is 0 Å². The SMILES string of the molecule is CC(CC(=O)OC(C)(C)C)N(c1ccccc1)S(=O)(=O)c1ccccn1. The first-order valence-corrected chi connectivity index (χ1v) is 9.77. The topological polar surface area (TPSA) is 76.6 Å². The van der Waals surface area contributed by atoms with Gasteiger partial charge in [-0.15, -0.1) is 0 Å². The van der Waals surface area contributed by atoms with E-state index in [1.165, 1.54) is 16.6 Å². The Balaban J connectivity index is 2.38. The predicted octanol–water partition coefficient (Wildman–Crippen LogP) is 3.40. The summed E-state index contributed by atoms with van der Waals surface area (Å²) in [5, 5.41) is -0.0695. The van der Waals surface area contributed by atoms with Crippen molar-refractivity contribution in [3.63, 3.8) is 0 Å². The lowest BCUT2D eigenvalue weighted by molar-refractivity contribution is -0.155. The van der Waals surface area contributed by atoms with E-state index >= 15 is 0 Å². The van der Waals surface area contributed by atoms with Gasteiger partial charge in [-0.05, 0) is 52.0 Å². The smallest absolute Gasteiger partial charge is 0.308 e. The molecule has 0 amide bonds. The van der Waals surface area contributed by atoms with Crippen molar-refractivity contribution < 1.29 is 17.9 Å². The Hall–Kier alpha value is -2.41. The number of sulfonamides is 1. The van der Waals surface area contributed by atoms with Gasteiger partial charge in [0, 0.05) is 6.20 Å². The van der Waals surface area contributed by atoms with Crippen LogP contribution in [0.1, 0.15) is 34.1 Å². The molecule has 0 N–H and O–H groups in total. The Morgan fingerprint density at radius 1 is 1.12 bits per heavy atom. The van der Waals surface area contributed by atoms with Gasteiger partial charge in [-0.1, -0.05) is 24.3 Å². The Morgan fingerprint density at radius 3 is 2.27 bits per heavy atom. The van der Waals surface area contributed by atoms with E-state index in [-0.39, 0.29) is 11.4 Å². The molecule has 1 aromatic carbocycles. The number of pyridine rings is 1. The molecule has 0 bridgehead atoms. The van der Waals surface area contributed by atoms with E-state index in [1.54, 1.807) is 70.2 Å². The molecule has 0 fully saturated rings. The molecule has 2 rings (SSSR count). The van der Waals surface area contributed by atoms with Crippen LogP contribution in [0.15, 0.2) is 59.8 Å². The molecule has 0 aliphatic rings. The van der Waals surface area contributed by atoms with E-state index in [9.17, 15) is 13.2 Å². The van der Waals surface area contributed by atoms with Crippen LogP contribution in [0, 0.1) is 0 Å². The zero-order chi connectivity index (χ0) is 19.4. The molecule has 26 heavy (non-hydrogen) atoms. The Labute approximate surface area is 154 Å². The lowest BCUT2D eigenvalue weighted by Crippen LogP contribution is -2.41. The number of hydrogen-bond acceptors (Lipinski definition) is 5. The third-order valence-corrected chi connectivity index (χ3v) is 5.31. The highest BCUT2D eigenvalue weighted by Gasteiger charge is 2.32. The lowest BCUT2D eigenvalue weighted by atomic mass is 10.1. The molecule has 0 saturated carbocycles. The normalized spacial score (nSPS) is 13.1. The van der Waals surface area contributed by atoms with Crippen molar-refractivity contribution in [1.82, 2.24) is 4.98 Å². The molecular formula is C19H24N2O4S. The highest BCUT2D eigenvalue weighted by atomic mass is 32.2. The maximum Gasteiger partial charge on any atom is 0.308 e. The van der Waals surface area contributed by atoms with Crippen molar-refractivity contribution in [2.75, 3.05) is 4.31 Å². The number of carbonyl (C=O) groups is 1. The van der Waals surface area contributed by atoms with Gasteiger partial charge in [0.25, 0.3) is 10.0 Å². The van der Waals surface area contributed by atoms with E-state index in [2.05, 4.69) is 4.98 Å². The molecule has 1 atom stereocenters. The van der Waals surface area contributed by atoms with Crippen molar-refractivity contribution in [2.45, 2.75) is 50.8 Å². The molecule has 0 aliphatic heterocycles. The third kappa shape index (κ3) is 5.05. The van der Waals surface area contributed by atoms with Crippen LogP contribution in [0.4, 0.5) is 5.69 Å². The Morgan fingerprint density at radius 2 is 1.73 bits per heavy atom. The summed E-state index contributed by atoms with van der Waals surface area (Å²) < 4.78 is 32.9. The van der Waals surface area contributed by atoms with Crippen LogP contribution in [0.25, 0.3) is 0 Å².